The molecular formula is C14H21NO. The third kappa shape index (κ3) is 3.32. The number of aryl methyl sites for hydroxylation is 2. The summed E-state index contributed by atoms with van der Waals surface area (Å²) in [7, 11) is 0. The first-order valence-electron chi connectivity index (χ1n) is 6.27. The molecular weight excluding hydrogens is 198 g/mol. The van der Waals surface area contributed by atoms with Gasteiger partial charge in [0.05, 0.1) is 13.2 Å². The van der Waals surface area contributed by atoms with E-state index < -0.39 is 0 Å². The van der Waals surface area contributed by atoms with Gasteiger partial charge < -0.3 is 10.1 Å². The van der Waals surface area contributed by atoms with Gasteiger partial charge in [0.2, 0.25) is 0 Å². The van der Waals surface area contributed by atoms with Crippen LogP contribution in [0.25, 0.3) is 0 Å². The third-order valence-corrected chi connectivity index (χ3v) is 3.21. The van der Waals surface area contributed by atoms with E-state index in [2.05, 4.69) is 36.5 Å². The zero-order valence-electron chi connectivity index (χ0n) is 10.0. The zero-order valence-corrected chi connectivity index (χ0v) is 10.0. The minimum absolute atomic E-state index is 0.541. The summed E-state index contributed by atoms with van der Waals surface area (Å²) in [5, 5.41) is 3.49. The van der Waals surface area contributed by atoms with Gasteiger partial charge in [0.25, 0.3) is 0 Å². The fourth-order valence-electron chi connectivity index (χ4n) is 2.09. The molecule has 1 unspecified atom stereocenters. The van der Waals surface area contributed by atoms with E-state index in [-0.39, 0.29) is 0 Å². The summed E-state index contributed by atoms with van der Waals surface area (Å²) in [6, 6.07) is 9.52. The topological polar surface area (TPSA) is 21.3 Å². The van der Waals surface area contributed by atoms with Gasteiger partial charge in [0, 0.05) is 12.6 Å². The highest BCUT2D eigenvalue weighted by molar-refractivity contribution is 5.22. The SMILES string of the molecule is CCc1ccc(CCC2COCCN2)cc1. The van der Waals surface area contributed by atoms with Crippen LogP contribution in [-0.2, 0) is 17.6 Å². The average Bonchev–Trinajstić information content (AvgIpc) is 2.38. The molecule has 1 heterocycles. The molecule has 0 amide bonds. The van der Waals surface area contributed by atoms with Crippen molar-refractivity contribution in [2.45, 2.75) is 32.2 Å². The molecule has 2 rings (SSSR count). The van der Waals surface area contributed by atoms with E-state index in [0.717, 1.165) is 32.6 Å². The molecule has 1 fully saturated rings. The lowest BCUT2D eigenvalue weighted by molar-refractivity contribution is 0.0743. The number of ether oxygens (including phenoxy) is 1. The van der Waals surface area contributed by atoms with Gasteiger partial charge in [-0.2, -0.15) is 0 Å². The predicted molar refractivity (Wildman–Crippen MR) is 66.8 cm³/mol. The van der Waals surface area contributed by atoms with Crippen LogP contribution in [0.5, 0.6) is 0 Å². The highest BCUT2D eigenvalue weighted by Gasteiger charge is 2.12. The third-order valence-electron chi connectivity index (χ3n) is 3.21. The first-order chi connectivity index (χ1) is 7.88. The van der Waals surface area contributed by atoms with Crippen LogP contribution in [0.2, 0.25) is 0 Å². The van der Waals surface area contributed by atoms with E-state index in [1.807, 2.05) is 0 Å². The molecule has 0 aliphatic carbocycles. The Morgan fingerprint density at radius 3 is 2.62 bits per heavy atom. The maximum absolute atomic E-state index is 5.44. The van der Waals surface area contributed by atoms with Crippen LogP contribution in [0.15, 0.2) is 24.3 Å². The fraction of sp³-hybridized carbons (Fsp3) is 0.571. The lowest BCUT2D eigenvalue weighted by Gasteiger charge is -2.23. The Bertz CT molecular complexity index is 301. The molecule has 0 spiro atoms. The van der Waals surface area contributed by atoms with E-state index >= 15 is 0 Å². The van der Waals surface area contributed by atoms with Crippen molar-refractivity contribution in [3.8, 4) is 0 Å². The summed E-state index contributed by atoms with van der Waals surface area (Å²) in [5.74, 6) is 0. The van der Waals surface area contributed by atoms with Gasteiger partial charge in [-0.15, -0.1) is 0 Å². The highest BCUT2D eigenvalue weighted by Crippen LogP contribution is 2.09. The summed E-state index contributed by atoms with van der Waals surface area (Å²) in [4.78, 5) is 0. The number of rotatable bonds is 4. The van der Waals surface area contributed by atoms with E-state index in [4.69, 9.17) is 4.74 Å². The van der Waals surface area contributed by atoms with Gasteiger partial charge in [-0.25, -0.2) is 0 Å². The zero-order chi connectivity index (χ0) is 11.2. The van der Waals surface area contributed by atoms with Gasteiger partial charge in [0.1, 0.15) is 0 Å². The van der Waals surface area contributed by atoms with Crippen molar-refractivity contribution in [1.82, 2.24) is 5.32 Å². The van der Waals surface area contributed by atoms with Crippen LogP contribution < -0.4 is 5.32 Å². The van der Waals surface area contributed by atoms with Gasteiger partial charge in [-0.3, -0.25) is 0 Å². The van der Waals surface area contributed by atoms with E-state index in [1.165, 1.54) is 17.5 Å². The Morgan fingerprint density at radius 2 is 2.00 bits per heavy atom. The van der Waals surface area contributed by atoms with Crippen LogP contribution >= 0.6 is 0 Å². The van der Waals surface area contributed by atoms with Crippen LogP contribution in [-0.4, -0.2) is 25.8 Å². The summed E-state index contributed by atoms with van der Waals surface area (Å²) in [6.07, 6.45) is 3.44. The van der Waals surface area contributed by atoms with Crippen molar-refractivity contribution >= 4 is 0 Å². The van der Waals surface area contributed by atoms with Crippen molar-refractivity contribution in [3.05, 3.63) is 35.4 Å². The van der Waals surface area contributed by atoms with Crippen molar-refractivity contribution < 1.29 is 4.74 Å². The number of morpholine rings is 1. The molecule has 0 radical (unpaired) electrons. The second-order valence-corrected chi connectivity index (χ2v) is 4.43. The lowest BCUT2D eigenvalue weighted by Crippen LogP contribution is -2.41. The smallest absolute Gasteiger partial charge is 0.0620 e. The summed E-state index contributed by atoms with van der Waals surface area (Å²) < 4.78 is 5.44. The summed E-state index contributed by atoms with van der Waals surface area (Å²) in [5.41, 5.74) is 2.85. The number of hydrogen-bond acceptors (Lipinski definition) is 2. The highest BCUT2D eigenvalue weighted by atomic mass is 16.5. The molecule has 1 atom stereocenters. The second-order valence-electron chi connectivity index (χ2n) is 4.43. The molecule has 1 aromatic carbocycles. The molecule has 1 aromatic rings. The largest absolute Gasteiger partial charge is 0.379 e. The van der Waals surface area contributed by atoms with Crippen LogP contribution in [0.4, 0.5) is 0 Å². The van der Waals surface area contributed by atoms with Crippen LogP contribution in [0.3, 0.4) is 0 Å². The second kappa shape index (κ2) is 6.02. The van der Waals surface area contributed by atoms with Crippen molar-refractivity contribution in [1.29, 1.82) is 0 Å². The number of hydrogen-bond donors (Lipinski definition) is 1. The molecule has 0 bridgehead atoms. The molecule has 0 saturated carbocycles. The monoisotopic (exact) mass is 219 g/mol. The van der Waals surface area contributed by atoms with Crippen LogP contribution in [0, 0.1) is 0 Å². The first-order valence-corrected chi connectivity index (χ1v) is 6.27. The van der Waals surface area contributed by atoms with E-state index in [0.29, 0.717) is 6.04 Å². The molecule has 0 aromatic heterocycles. The molecule has 2 nitrogen and oxygen atoms in total. The standard InChI is InChI=1S/C14H21NO/c1-2-12-3-5-13(6-4-12)7-8-14-11-16-10-9-15-14/h3-6,14-15H,2,7-11H2,1H3. The predicted octanol–water partition coefficient (Wildman–Crippen LogP) is 2.17. The minimum Gasteiger partial charge on any atom is -0.379 e. The molecule has 1 aliphatic heterocycles. The van der Waals surface area contributed by atoms with Gasteiger partial charge in [-0.1, -0.05) is 31.2 Å². The molecule has 2 heteroatoms. The Hall–Kier alpha value is -0.860. The van der Waals surface area contributed by atoms with E-state index in [9.17, 15) is 0 Å². The quantitative estimate of drug-likeness (QED) is 0.838. The Kier molecular flexibility index (Phi) is 4.37. The fourth-order valence-corrected chi connectivity index (χ4v) is 2.09. The maximum Gasteiger partial charge on any atom is 0.0620 e. The minimum atomic E-state index is 0.541. The Balaban J connectivity index is 1.79. The molecule has 1 aliphatic rings. The summed E-state index contributed by atoms with van der Waals surface area (Å²) >= 11 is 0. The van der Waals surface area contributed by atoms with Gasteiger partial charge in [0.15, 0.2) is 0 Å². The summed E-state index contributed by atoms with van der Waals surface area (Å²) in [6.45, 7) is 4.92. The van der Waals surface area contributed by atoms with Crippen molar-refractivity contribution in [2.24, 2.45) is 0 Å². The number of nitrogens with one attached hydrogen (secondary N) is 1. The Labute approximate surface area is 98.0 Å². The molecule has 1 N–H and O–H groups in total. The van der Waals surface area contributed by atoms with Gasteiger partial charge >= 0.3 is 0 Å². The maximum atomic E-state index is 5.44. The average molecular weight is 219 g/mol. The molecule has 88 valence electrons. The Morgan fingerprint density at radius 1 is 1.25 bits per heavy atom. The van der Waals surface area contributed by atoms with Gasteiger partial charge in [-0.05, 0) is 30.4 Å². The lowest BCUT2D eigenvalue weighted by atomic mass is 10.0. The first kappa shape index (κ1) is 11.6. The normalized spacial score (nSPS) is 20.9. The van der Waals surface area contributed by atoms with Crippen molar-refractivity contribution in [2.75, 3.05) is 19.8 Å². The van der Waals surface area contributed by atoms with Crippen LogP contribution in [0.1, 0.15) is 24.5 Å². The molecule has 16 heavy (non-hydrogen) atoms. The molecule has 1 saturated heterocycles. The van der Waals surface area contributed by atoms with E-state index in [1.54, 1.807) is 0 Å². The number of benzene rings is 1. The van der Waals surface area contributed by atoms with Crippen molar-refractivity contribution in [3.63, 3.8) is 0 Å².